The van der Waals surface area contributed by atoms with Gasteiger partial charge in [0.1, 0.15) is 5.82 Å². The first-order valence-corrected chi connectivity index (χ1v) is 14.7. The lowest BCUT2D eigenvalue weighted by Gasteiger charge is -2.31. The molecule has 0 saturated carbocycles. The molecule has 0 aliphatic carbocycles. The van der Waals surface area contributed by atoms with E-state index in [-0.39, 0.29) is 11.9 Å². The van der Waals surface area contributed by atoms with E-state index in [1.807, 2.05) is 48.5 Å². The van der Waals surface area contributed by atoms with Gasteiger partial charge in [-0.1, -0.05) is 19.1 Å². The van der Waals surface area contributed by atoms with Crippen molar-refractivity contribution >= 4 is 40.0 Å². The number of anilines is 3. The molecule has 0 unspecified atom stereocenters. The van der Waals surface area contributed by atoms with E-state index in [4.69, 9.17) is 0 Å². The molecule has 9 heteroatoms. The molecule has 2 aromatic heterocycles. The van der Waals surface area contributed by atoms with Gasteiger partial charge in [0, 0.05) is 54.4 Å². The number of fused-ring (bicyclic) bond motifs is 1. The Labute approximate surface area is 247 Å². The molecule has 5 rings (SSSR count). The third-order valence-corrected chi connectivity index (χ3v) is 8.16. The van der Waals surface area contributed by atoms with Crippen LogP contribution in [0.25, 0.3) is 10.9 Å². The largest absolute Gasteiger partial charge is 0.393 e. The standard InChI is InChI=1S/C33H40N6O3/c1-4-37-17-13-25(14-18-37)24-5-7-26(8-6-24)32(41)36-31-22-29(11-16-35-31)38(19-12-23(2)40)28-9-10-30-27(21-28)15-20-39(30)33(42)34-3/h5-11,15-16,20-23,25,40H,4,12-14,17-19H2,1-3H3,(H,34,42)(H,35,36,41)/t23-/m0/s1. The third-order valence-electron chi connectivity index (χ3n) is 8.16. The number of hydrogen-bond donors (Lipinski definition) is 3. The van der Waals surface area contributed by atoms with Crippen LogP contribution in [-0.4, -0.2) is 70.8 Å². The van der Waals surface area contributed by atoms with Gasteiger partial charge in [0.25, 0.3) is 5.91 Å². The van der Waals surface area contributed by atoms with Gasteiger partial charge in [-0.15, -0.1) is 0 Å². The fourth-order valence-corrected chi connectivity index (χ4v) is 5.65. The number of pyridine rings is 1. The van der Waals surface area contributed by atoms with Crippen LogP contribution in [0.3, 0.4) is 0 Å². The molecule has 2 aromatic carbocycles. The lowest BCUT2D eigenvalue weighted by atomic mass is 9.89. The number of aliphatic hydroxyl groups is 1. The first-order valence-electron chi connectivity index (χ1n) is 14.7. The van der Waals surface area contributed by atoms with Crippen molar-refractivity contribution < 1.29 is 14.7 Å². The van der Waals surface area contributed by atoms with Gasteiger partial charge >= 0.3 is 6.03 Å². The lowest BCUT2D eigenvalue weighted by Crippen LogP contribution is -2.32. The highest BCUT2D eigenvalue weighted by Crippen LogP contribution is 2.31. The molecule has 9 nitrogen and oxygen atoms in total. The molecule has 4 aromatic rings. The van der Waals surface area contributed by atoms with Gasteiger partial charge in [0.2, 0.25) is 0 Å². The van der Waals surface area contributed by atoms with E-state index in [1.54, 1.807) is 30.9 Å². The number of likely N-dealkylation sites (tertiary alicyclic amines) is 1. The normalized spacial score (nSPS) is 15.0. The van der Waals surface area contributed by atoms with Crippen molar-refractivity contribution in [2.24, 2.45) is 0 Å². The molecule has 42 heavy (non-hydrogen) atoms. The van der Waals surface area contributed by atoms with E-state index >= 15 is 0 Å². The Bertz CT molecular complexity index is 1520. The Hall–Kier alpha value is -4.21. The highest BCUT2D eigenvalue weighted by Gasteiger charge is 2.20. The predicted molar refractivity (Wildman–Crippen MR) is 168 cm³/mol. The number of amides is 2. The molecule has 3 N–H and O–H groups in total. The number of aliphatic hydroxyl groups excluding tert-OH is 1. The number of nitrogens with zero attached hydrogens (tertiary/aromatic N) is 4. The quantitative estimate of drug-likeness (QED) is 0.244. The van der Waals surface area contributed by atoms with E-state index < -0.39 is 6.10 Å². The topological polar surface area (TPSA) is 103 Å². The Kier molecular flexibility index (Phi) is 9.19. The first-order chi connectivity index (χ1) is 20.4. The molecule has 0 bridgehead atoms. The lowest BCUT2D eigenvalue weighted by molar-refractivity contribution is 0.102. The van der Waals surface area contributed by atoms with Gasteiger partial charge in [0.15, 0.2) is 0 Å². The van der Waals surface area contributed by atoms with Crippen molar-refractivity contribution in [2.45, 2.75) is 45.1 Å². The van der Waals surface area contributed by atoms with Crippen molar-refractivity contribution in [3.63, 3.8) is 0 Å². The van der Waals surface area contributed by atoms with Crippen LogP contribution >= 0.6 is 0 Å². The molecule has 1 aliphatic rings. The number of piperidine rings is 1. The Morgan fingerprint density at radius 1 is 1.05 bits per heavy atom. The Morgan fingerprint density at radius 3 is 2.48 bits per heavy atom. The molecule has 1 atom stereocenters. The van der Waals surface area contributed by atoms with Gasteiger partial charge < -0.3 is 25.5 Å². The minimum atomic E-state index is -0.478. The maximum absolute atomic E-state index is 13.1. The van der Waals surface area contributed by atoms with Gasteiger partial charge in [-0.25, -0.2) is 9.78 Å². The minimum absolute atomic E-state index is 0.204. The van der Waals surface area contributed by atoms with Crippen LogP contribution in [0.4, 0.5) is 22.0 Å². The van der Waals surface area contributed by atoms with Crippen LogP contribution < -0.4 is 15.5 Å². The fraction of sp³-hybridized carbons (Fsp3) is 0.364. The van der Waals surface area contributed by atoms with E-state index in [9.17, 15) is 14.7 Å². The van der Waals surface area contributed by atoms with Crippen molar-refractivity contribution in [3.8, 4) is 0 Å². The summed E-state index contributed by atoms with van der Waals surface area (Å²) < 4.78 is 1.57. The molecule has 0 radical (unpaired) electrons. The number of nitrogens with one attached hydrogen (secondary N) is 2. The van der Waals surface area contributed by atoms with Crippen molar-refractivity contribution in [1.29, 1.82) is 0 Å². The summed E-state index contributed by atoms with van der Waals surface area (Å²) >= 11 is 0. The smallest absolute Gasteiger partial charge is 0.325 e. The number of hydrogen-bond acceptors (Lipinski definition) is 6. The van der Waals surface area contributed by atoms with Crippen molar-refractivity contribution in [2.75, 3.05) is 43.4 Å². The van der Waals surface area contributed by atoms with Crippen LogP contribution in [0.5, 0.6) is 0 Å². The summed E-state index contributed by atoms with van der Waals surface area (Å²) in [5.74, 6) is 0.777. The zero-order valence-electron chi connectivity index (χ0n) is 24.6. The summed E-state index contributed by atoms with van der Waals surface area (Å²) in [5.41, 5.74) is 4.42. The van der Waals surface area contributed by atoms with Gasteiger partial charge in [0.05, 0.1) is 11.6 Å². The van der Waals surface area contributed by atoms with Crippen LogP contribution in [0.2, 0.25) is 0 Å². The summed E-state index contributed by atoms with van der Waals surface area (Å²) in [5, 5.41) is 16.6. The molecule has 1 fully saturated rings. The Balaban J connectivity index is 1.33. The summed E-state index contributed by atoms with van der Waals surface area (Å²) in [6.45, 7) is 7.87. The maximum Gasteiger partial charge on any atom is 0.325 e. The Morgan fingerprint density at radius 2 is 1.79 bits per heavy atom. The predicted octanol–water partition coefficient (Wildman–Crippen LogP) is 5.58. The highest BCUT2D eigenvalue weighted by molar-refractivity contribution is 6.04. The van der Waals surface area contributed by atoms with Gasteiger partial charge in [-0.05, 0) is 99.8 Å². The number of benzene rings is 2. The summed E-state index contributed by atoms with van der Waals surface area (Å²) in [6, 6.07) is 19.3. The number of aromatic nitrogens is 2. The monoisotopic (exact) mass is 568 g/mol. The molecule has 220 valence electrons. The van der Waals surface area contributed by atoms with Gasteiger partial charge in [-0.2, -0.15) is 0 Å². The number of carbonyl (C=O) groups excluding carboxylic acids is 2. The molecule has 0 spiro atoms. The van der Waals surface area contributed by atoms with E-state index in [0.717, 1.165) is 54.8 Å². The molecule has 1 saturated heterocycles. The van der Waals surface area contributed by atoms with E-state index in [2.05, 4.69) is 44.5 Å². The van der Waals surface area contributed by atoms with Gasteiger partial charge in [-0.3, -0.25) is 9.36 Å². The summed E-state index contributed by atoms with van der Waals surface area (Å²) in [6.07, 6.45) is 5.78. The summed E-state index contributed by atoms with van der Waals surface area (Å²) in [4.78, 5) is 34.3. The average Bonchev–Trinajstić information content (AvgIpc) is 3.44. The van der Waals surface area contributed by atoms with Crippen LogP contribution in [-0.2, 0) is 0 Å². The van der Waals surface area contributed by atoms with Crippen LogP contribution in [0, 0.1) is 0 Å². The van der Waals surface area contributed by atoms with E-state index in [0.29, 0.717) is 30.3 Å². The average molecular weight is 569 g/mol. The number of carbonyl (C=O) groups is 2. The molecule has 1 aliphatic heterocycles. The maximum atomic E-state index is 13.1. The van der Waals surface area contributed by atoms with Crippen LogP contribution in [0.15, 0.2) is 73.1 Å². The fourth-order valence-electron chi connectivity index (χ4n) is 5.65. The second-order valence-corrected chi connectivity index (χ2v) is 11.0. The number of rotatable bonds is 9. The molecular formula is C33H40N6O3. The van der Waals surface area contributed by atoms with E-state index in [1.165, 1.54) is 5.56 Å². The minimum Gasteiger partial charge on any atom is -0.393 e. The van der Waals surface area contributed by atoms with Crippen LogP contribution in [0.1, 0.15) is 54.9 Å². The zero-order chi connectivity index (χ0) is 29.6. The highest BCUT2D eigenvalue weighted by atomic mass is 16.3. The SMILES string of the molecule is CCN1CCC(c2ccc(C(=O)Nc3cc(N(CC[C@H](C)O)c4ccc5c(ccn5C(=O)NC)c4)ccn3)cc2)CC1. The molecular weight excluding hydrogens is 528 g/mol. The first kappa shape index (κ1) is 29.3. The van der Waals surface area contributed by atoms with Crippen molar-refractivity contribution in [1.82, 2.24) is 19.8 Å². The van der Waals surface area contributed by atoms with Crippen molar-refractivity contribution in [3.05, 3.63) is 84.2 Å². The molecule has 2 amide bonds. The third kappa shape index (κ3) is 6.64. The zero-order valence-corrected chi connectivity index (χ0v) is 24.6. The molecule has 3 heterocycles. The summed E-state index contributed by atoms with van der Waals surface area (Å²) in [7, 11) is 1.60. The second kappa shape index (κ2) is 13.2. The second-order valence-electron chi connectivity index (χ2n) is 11.0.